The molecule has 1 N–H and O–H groups in total. The lowest BCUT2D eigenvalue weighted by molar-refractivity contribution is 0.0685. The molecule has 1 aromatic rings. The summed E-state index contributed by atoms with van der Waals surface area (Å²) in [6.07, 6.45) is 1.73. The molecule has 1 rings (SSSR count). The van der Waals surface area contributed by atoms with Gasteiger partial charge in [0.1, 0.15) is 0 Å². The summed E-state index contributed by atoms with van der Waals surface area (Å²) in [6.45, 7) is 5.19. The van der Waals surface area contributed by atoms with Crippen LogP contribution in [0.5, 0.6) is 0 Å². The Morgan fingerprint density at radius 3 is 2.11 bits per heavy atom. The van der Waals surface area contributed by atoms with Gasteiger partial charge in [0, 0.05) is 11.8 Å². The van der Waals surface area contributed by atoms with Gasteiger partial charge in [0.05, 0.1) is 0 Å². The van der Waals surface area contributed by atoms with Crippen LogP contribution in [0.25, 0.3) is 0 Å². The lowest BCUT2D eigenvalue weighted by Crippen LogP contribution is -2.42. The predicted octanol–water partition coefficient (Wildman–Crippen LogP) is 1.82. The van der Waals surface area contributed by atoms with Crippen LogP contribution in [0.3, 0.4) is 0 Å². The number of carbonyl (C=O) groups excluding carboxylic acids is 1. The van der Waals surface area contributed by atoms with Crippen LogP contribution in [0.4, 0.5) is 0 Å². The van der Waals surface area contributed by atoms with Crippen molar-refractivity contribution in [1.29, 1.82) is 0 Å². The van der Waals surface area contributed by atoms with Gasteiger partial charge >= 0.3 is 0 Å². The second kappa shape index (κ2) is 5.43. The van der Waals surface area contributed by atoms with Crippen LogP contribution in [-0.4, -0.2) is 30.5 Å². The predicted molar refractivity (Wildman–Crippen MR) is 74.8 cm³/mol. The molecule has 0 saturated carbocycles. The summed E-state index contributed by atoms with van der Waals surface area (Å²) in [6, 6.07) is 6.68. The molecule has 1 atom stereocenters. The molecule has 0 aliphatic carbocycles. The van der Waals surface area contributed by atoms with Gasteiger partial charge in [-0.25, -0.2) is 8.42 Å². The van der Waals surface area contributed by atoms with E-state index >= 15 is 0 Å². The minimum Gasteiger partial charge on any atom is -0.369 e. The van der Waals surface area contributed by atoms with Crippen molar-refractivity contribution in [2.75, 3.05) is 6.26 Å². The van der Waals surface area contributed by atoms with E-state index in [4.69, 9.17) is 0 Å². The van der Waals surface area contributed by atoms with Gasteiger partial charge in [0.25, 0.3) is 0 Å². The SMILES string of the molecule is CC(C)Cc1ccc(C(=O)C(C)(O)S(C)(=O)=O)cc1. The summed E-state index contributed by atoms with van der Waals surface area (Å²) in [5.41, 5.74) is 1.27. The first-order valence-electron chi connectivity index (χ1n) is 6.11. The summed E-state index contributed by atoms with van der Waals surface area (Å²) in [5.74, 6) is -0.299. The highest BCUT2D eigenvalue weighted by Gasteiger charge is 2.41. The molecule has 19 heavy (non-hydrogen) atoms. The van der Waals surface area contributed by atoms with E-state index in [1.54, 1.807) is 24.3 Å². The maximum absolute atomic E-state index is 12.0. The molecule has 0 aliphatic rings. The van der Waals surface area contributed by atoms with Gasteiger partial charge in [-0.15, -0.1) is 0 Å². The van der Waals surface area contributed by atoms with Crippen molar-refractivity contribution in [2.45, 2.75) is 32.1 Å². The Bertz CT molecular complexity index is 554. The first-order chi connectivity index (χ1) is 8.55. The van der Waals surface area contributed by atoms with Crippen LogP contribution in [0.15, 0.2) is 24.3 Å². The van der Waals surface area contributed by atoms with Crippen LogP contribution in [0.1, 0.15) is 36.7 Å². The van der Waals surface area contributed by atoms with Gasteiger partial charge < -0.3 is 5.11 Å². The molecular weight excluding hydrogens is 264 g/mol. The van der Waals surface area contributed by atoms with Crippen LogP contribution in [0, 0.1) is 5.92 Å². The highest BCUT2D eigenvalue weighted by molar-refractivity contribution is 7.92. The molecule has 0 aliphatic heterocycles. The van der Waals surface area contributed by atoms with Crippen molar-refractivity contribution in [1.82, 2.24) is 0 Å². The summed E-state index contributed by atoms with van der Waals surface area (Å²) in [4.78, 5) is 9.64. The average Bonchev–Trinajstić information content (AvgIpc) is 2.26. The maximum atomic E-state index is 12.0. The fourth-order valence-corrected chi connectivity index (χ4v) is 2.15. The largest absolute Gasteiger partial charge is 0.369 e. The quantitative estimate of drug-likeness (QED) is 0.837. The monoisotopic (exact) mass is 284 g/mol. The Morgan fingerprint density at radius 2 is 1.74 bits per heavy atom. The maximum Gasteiger partial charge on any atom is 0.226 e. The Morgan fingerprint density at radius 1 is 1.26 bits per heavy atom. The number of Topliss-reactive ketones (excluding diaryl/α,β-unsaturated/α-hetero) is 1. The van der Waals surface area contributed by atoms with E-state index in [0.29, 0.717) is 5.92 Å². The molecule has 0 fully saturated rings. The molecule has 0 heterocycles. The third-order valence-corrected chi connectivity index (χ3v) is 4.63. The number of hydrogen-bond acceptors (Lipinski definition) is 4. The molecule has 0 amide bonds. The molecule has 1 aromatic carbocycles. The lowest BCUT2D eigenvalue weighted by atomic mass is 9.99. The number of rotatable bonds is 5. The minimum absolute atomic E-state index is 0.197. The lowest BCUT2D eigenvalue weighted by Gasteiger charge is -2.19. The van der Waals surface area contributed by atoms with E-state index < -0.39 is 20.6 Å². The van der Waals surface area contributed by atoms with E-state index in [-0.39, 0.29) is 5.56 Å². The van der Waals surface area contributed by atoms with Gasteiger partial charge in [-0.3, -0.25) is 4.79 Å². The zero-order valence-electron chi connectivity index (χ0n) is 11.7. The molecule has 0 radical (unpaired) electrons. The van der Waals surface area contributed by atoms with Gasteiger partial charge in [-0.1, -0.05) is 38.1 Å². The zero-order valence-corrected chi connectivity index (χ0v) is 12.5. The number of benzene rings is 1. The van der Waals surface area contributed by atoms with E-state index in [9.17, 15) is 18.3 Å². The van der Waals surface area contributed by atoms with Crippen molar-refractivity contribution in [3.05, 3.63) is 35.4 Å². The Labute approximate surface area is 114 Å². The Balaban J connectivity index is 3.02. The topological polar surface area (TPSA) is 71.4 Å². The van der Waals surface area contributed by atoms with Crippen LogP contribution >= 0.6 is 0 Å². The molecule has 0 saturated heterocycles. The van der Waals surface area contributed by atoms with Crippen LogP contribution in [-0.2, 0) is 16.3 Å². The third-order valence-electron chi connectivity index (χ3n) is 3.00. The van der Waals surface area contributed by atoms with E-state index in [1.807, 2.05) is 0 Å². The third kappa shape index (κ3) is 3.64. The van der Waals surface area contributed by atoms with Crippen LogP contribution in [0.2, 0.25) is 0 Å². The van der Waals surface area contributed by atoms with Gasteiger partial charge in [-0.2, -0.15) is 0 Å². The summed E-state index contributed by atoms with van der Waals surface area (Å²) in [5, 5.41) is 9.85. The zero-order chi connectivity index (χ0) is 14.8. The second-order valence-corrected chi connectivity index (χ2v) is 7.72. The van der Waals surface area contributed by atoms with E-state index in [2.05, 4.69) is 13.8 Å². The number of sulfone groups is 1. The fraction of sp³-hybridized carbons (Fsp3) is 0.500. The highest BCUT2D eigenvalue weighted by atomic mass is 32.2. The summed E-state index contributed by atoms with van der Waals surface area (Å²) in [7, 11) is -3.87. The summed E-state index contributed by atoms with van der Waals surface area (Å²) >= 11 is 0. The average molecular weight is 284 g/mol. The first kappa shape index (κ1) is 15.9. The van der Waals surface area contributed by atoms with Crippen molar-refractivity contribution in [2.24, 2.45) is 5.92 Å². The molecule has 5 heteroatoms. The smallest absolute Gasteiger partial charge is 0.226 e. The summed E-state index contributed by atoms with van der Waals surface area (Å²) < 4.78 is 22.8. The van der Waals surface area contributed by atoms with Gasteiger partial charge in [0.2, 0.25) is 10.7 Å². The Hall–Kier alpha value is -1.20. The van der Waals surface area contributed by atoms with Gasteiger partial charge in [-0.05, 0) is 24.8 Å². The molecular formula is C14H20O4S. The second-order valence-electron chi connectivity index (χ2n) is 5.38. The number of carbonyl (C=O) groups is 1. The number of aliphatic hydroxyl groups is 1. The standard InChI is InChI=1S/C14H20O4S/c1-10(2)9-11-5-7-12(8-6-11)13(15)14(3,16)19(4,17)18/h5-8,10,16H,9H2,1-4H3. The van der Waals surface area contributed by atoms with Crippen molar-refractivity contribution >= 4 is 15.6 Å². The van der Waals surface area contributed by atoms with Crippen LogP contribution < -0.4 is 0 Å². The molecule has 1 unspecified atom stereocenters. The fourth-order valence-electron chi connectivity index (χ4n) is 1.70. The van der Waals surface area contributed by atoms with Crippen molar-refractivity contribution in [3.8, 4) is 0 Å². The van der Waals surface area contributed by atoms with Crippen molar-refractivity contribution in [3.63, 3.8) is 0 Å². The Kier molecular flexibility index (Phi) is 4.53. The molecule has 0 spiro atoms. The van der Waals surface area contributed by atoms with Crippen molar-refractivity contribution < 1.29 is 18.3 Å². The van der Waals surface area contributed by atoms with E-state index in [1.165, 1.54) is 0 Å². The molecule has 0 aromatic heterocycles. The first-order valence-corrected chi connectivity index (χ1v) is 8.00. The normalized spacial score (nSPS) is 15.3. The number of hydrogen-bond donors (Lipinski definition) is 1. The highest BCUT2D eigenvalue weighted by Crippen LogP contribution is 2.20. The number of ketones is 1. The molecule has 0 bridgehead atoms. The molecule has 106 valence electrons. The van der Waals surface area contributed by atoms with E-state index in [0.717, 1.165) is 25.2 Å². The van der Waals surface area contributed by atoms with Gasteiger partial charge in [0.15, 0.2) is 9.84 Å². The molecule has 4 nitrogen and oxygen atoms in total. The minimum atomic E-state index is -3.87.